The Kier molecular flexibility index (Phi) is 7.43. The van der Waals surface area contributed by atoms with Crippen molar-refractivity contribution in [2.45, 2.75) is 0 Å². The average molecular weight is 323 g/mol. The topological polar surface area (TPSA) is 91.6 Å². The monoisotopic (exact) mass is 323 g/mol. The third kappa shape index (κ3) is 6.21. The van der Waals surface area contributed by atoms with Crippen LogP contribution < -0.4 is 15.4 Å². The van der Waals surface area contributed by atoms with Crippen molar-refractivity contribution in [1.29, 1.82) is 0 Å². The summed E-state index contributed by atoms with van der Waals surface area (Å²) in [7, 11) is 7.55. The summed E-state index contributed by atoms with van der Waals surface area (Å²) >= 11 is 0. The van der Waals surface area contributed by atoms with E-state index in [2.05, 4.69) is 10.6 Å². The van der Waals surface area contributed by atoms with Crippen molar-refractivity contribution in [3.63, 3.8) is 0 Å². The van der Waals surface area contributed by atoms with Crippen LogP contribution in [0.1, 0.15) is 21.0 Å². The molecule has 0 aliphatic heterocycles. The average Bonchev–Trinajstić information content (AvgIpc) is 2.46. The number of pyridine rings is 1. The molecule has 0 aromatic carbocycles. The minimum absolute atomic E-state index is 0.0935. The van der Waals surface area contributed by atoms with Gasteiger partial charge in [0.25, 0.3) is 11.4 Å². The molecule has 0 saturated heterocycles. The van der Waals surface area contributed by atoms with Gasteiger partial charge in [-0.15, -0.1) is 0 Å². The summed E-state index contributed by atoms with van der Waals surface area (Å²) in [5.74, 6) is -0.991. The van der Waals surface area contributed by atoms with Gasteiger partial charge in [0, 0.05) is 38.3 Å². The summed E-state index contributed by atoms with van der Waals surface area (Å²) in [6.45, 7) is 2.17. The van der Waals surface area contributed by atoms with Crippen LogP contribution in [0.4, 0.5) is 0 Å². The number of hydrogen-bond donors (Lipinski definition) is 2. The predicted molar refractivity (Wildman–Crippen MR) is 87.2 cm³/mol. The lowest BCUT2D eigenvalue weighted by Crippen LogP contribution is -2.47. The largest absolute Gasteiger partial charge is 0.618 e. The molecule has 0 aliphatic rings. The van der Waals surface area contributed by atoms with Crippen LogP contribution in [-0.2, 0) is 0 Å². The first-order valence-electron chi connectivity index (χ1n) is 7.41. The molecule has 1 rings (SSSR count). The first kappa shape index (κ1) is 18.9. The highest BCUT2D eigenvalue weighted by molar-refractivity contribution is 5.93. The molecule has 0 fully saturated rings. The van der Waals surface area contributed by atoms with Crippen LogP contribution in [0.3, 0.4) is 0 Å². The fourth-order valence-corrected chi connectivity index (χ4v) is 1.80. The van der Waals surface area contributed by atoms with Crippen molar-refractivity contribution in [2.75, 3.05) is 54.4 Å². The Hall–Kier alpha value is -2.19. The highest BCUT2D eigenvalue weighted by Gasteiger charge is 2.22. The maximum Gasteiger partial charge on any atom is 0.317 e. The summed E-state index contributed by atoms with van der Waals surface area (Å²) in [6, 6.07) is 4.32. The van der Waals surface area contributed by atoms with Crippen molar-refractivity contribution in [1.82, 2.24) is 20.4 Å². The van der Waals surface area contributed by atoms with E-state index in [9.17, 15) is 14.8 Å². The van der Waals surface area contributed by atoms with Gasteiger partial charge in [0.2, 0.25) is 0 Å². The lowest BCUT2D eigenvalue weighted by Gasteiger charge is -2.12. The van der Waals surface area contributed by atoms with Crippen LogP contribution in [0.15, 0.2) is 18.2 Å². The summed E-state index contributed by atoms with van der Waals surface area (Å²) in [6.07, 6.45) is 0. The summed E-state index contributed by atoms with van der Waals surface area (Å²) < 4.78 is 0.371. The van der Waals surface area contributed by atoms with Gasteiger partial charge in [0.1, 0.15) is 0 Å². The highest BCUT2D eigenvalue weighted by atomic mass is 16.5. The SMILES string of the molecule is CN(C)CCNC(=O)c1cccc(C(=O)NCCN(C)C)[n+]1[O-]. The number of aromatic nitrogens is 1. The van der Waals surface area contributed by atoms with Crippen molar-refractivity contribution in [3.8, 4) is 0 Å². The molecule has 0 atom stereocenters. The smallest absolute Gasteiger partial charge is 0.317 e. The molecule has 2 N–H and O–H groups in total. The number of nitrogens with one attached hydrogen (secondary N) is 2. The zero-order valence-electron chi connectivity index (χ0n) is 14.1. The second-order valence-electron chi connectivity index (χ2n) is 5.71. The van der Waals surface area contributed by atoms with Gasteiger partial charge in [-0.2, -0.15) is 4.73 Å². The molecule has 0 radical (unpaired) electrons. The molecule has 0 unspecified atom stereocenters. The lowest BCUT2D eigenvalue weighted by molar-refractivity contribution is -0.610. The number of carbonyl (C=O) groups is 2. The van der Waals surface area contributed by atoms with Gasteiger partial charge in [-0.3, -0.25) is 9.59 Å². The normalized spacial score (nSPS) is 10.9. The van der Waals surface area contributed by atoms with Crippen LogP contribution in [0.25, 0.3) is 0 Å². The summed E-state index contributed by atoms with van der Waals surface area (Å²) in [5.41, 5.74) is -0.187. The van der Waals surface area contributed by atoms with Gasteiger partial charge >= 0.3 is 11.8 Å². The highest BCUT2D eigenvalue weighted by Crippen LogP contribution is 1.97. The summed E-state index contributed by atoms with van der Waals surface area (Å²) in [5, 5.41) is 17.5. The van der Waals surface area contributed by atoms with E-state index in [1.54, 1.807) is 0 Å². The van der Waals surface area contributed by atoms with E-state index in [-0.39, 0.29) is 11.4 Å². The van der Waals surface area contributed by atoms with Crippen molar-refractivity contribution >= 4 is 11.8 Å². The minimum atomic E-state index is -0.496. The first-order chi connectivity index (χ1) is 10.8. The molecule has 0 bridgehead atoms. The molecule has 1 heterocycles. The van der Waals surface area contributed by atoms with E-state index < -0.39 is 11.8 Å². The van der Waals surface area contributed by atoms with Crippen LogP contribution in [-0.4, -0.2) is 76.0 Å². The zero-order valence-corrected chi connectivity index (χ0v) is 14.1. The van der Waals surface area contributed by atoms with Gasteiger partial charge in [-0.05, 0) is 34.3 Å². The van der Waals surface area contributed by atoms with Crippen molar-refractivity contribution in [2.24, 2.45) is 0 Å². The number of rotatable bonds is 8. The number of hydrogen-bond acceptors (Lipinski definition) is 5. The Morgan fingerprint density at radius 1 is 0.957 bits per heavy atom. The molecular formula is C15H25N5O3. The second-order valence-corrected chi connectivity index (χ2v) is 5.71. The number of amides is 2. The van der Waals surface area contributed by atoms with Crippen LogP contribution in [0, 0.1) is 5.21 Å². The molecule has 0 spiro atoms. The molecule has 23 heavy (non-hydrogen) atoms. The molecule has 2 amide bonds. The predicted octanol–water partition coefficient (Wildman–Crippen LogP) is -1.10. The Morgan fingerprint density at radius 3 is 1.70 bits per heavy atom. The number of carbonyl (C=O) groups excluding carboxylic acids is 2. The maximum absolute atomic E-state index is 12.2. The molecule has 0 saturated carbocycles. The first-order valence-corrected chi connectivity index (χ1v) is 7.41. The summed E-state index contributed by atoms with van der Waals surface area (Å²) in [4.78, 5) is 27.9. The Labute approximate surface area is 136 Å². The van der Waals surface area contributed by atoms with E-state index in [4.69, 9.17) is 0 Å². The minimum Gasteiger partial charge on any atom is -0.618 e. The maximum atomic E-state index is 12.2. The Bertz CT molecular complexity index is 502. The van der Waals surface area contributed by atoms with Gasteiger partial charge in [-0.1, -0.05) is 0 Å². The standard InChI is InChI=1S/C15H25N5O3/c1-18(2)10-8-16-14(21)12-6-5-7-13(20(12)23)15(22)17-9-11-19(3)4/h5-7H,8-11H2,1-4H3,(H,16,21)(H,17,22). The quantitative estimate of drug-likeness (QED) is 0.468. The molecule has 1 aromatic heterocycles. The molecule has 1 aromatic rings. The van der Waals surface area contributed by atoms with E-state index in [0.29, 0.717) is 30.9 Å². The third-order valence-electron chi connectivity index (χ3n) is 3.10. The Balaban J connectivity index is 2.73. The van der Waals surface area contributed by atoms with Crippen molar-refractivity contribution < 1.29 is 14.3 Å². The van der Waals surface area contributed by atoms with Gasteiger partial charge < -0.3 is 25.6 Å². The molecular weight excluding hydrogens is 298 g/mol. The third-order valence-corrected chi connectivity index (χ3v) is 3.10. The van der Waals surface area contributed by atoms with Gasteiger partial charge in [0.05, 0.1) is 0 Å². The van der Waals surface area contributed by atoms with E-state index in [1.807, 2.05) is 38.0 Å². The zero-order chi connectivity index (χ0) is 17.4. The van der Waals surface area contributed by atoms with Gasteiger partial charge in [0.15, 0.2) is 0 Å². The molecule has 8 heteroatoms. The second kappa shape index (κ2) is 9.06. The fraction of sp³-hybridized carbons (Fsp3) is 0.533. The van der Waals surface area contributed by atoms with Crippen LogP contribution >= 0.6 is 0 Å². The lowest BCUT2D eigenvalue weighted by atomic mass is 10.2. The molecule has 128 valence electrons. The van der Waals surface area contributed by atoms with Crippen LogP contribution in [0.5, 0.6) is 0 Å². The van der Waals surface area contributed by atoms with E-state index in [1.165, 1.54) is 18.2 Å². The van der Waals surface area contributed by atoms with Crippen LogP contribution in [0.2, 0.25) is 0 Å². The number of nitrogens with zero attached hydrogens (tertiary/aromatic N) is 3. The fourth-order valence-electron chi connectivity index (χ4n) is 1.80. The molecule has 0 aliphatic carbocycles. The Morgan fingerprint density at radius 2 is 1.35 bits per heavy atom. The van der Waals surface area contributed by atoms with Crippen molar-refractivity contribution in [3.05, 3.63) is 34.8 Å². The molecule has 8 nitrogen and oxygen atoms in total. The van der Waals surface area contributed by atoms with Gasteiger partial charge in [-0.25, -0.2) is 0 Å². The van der Waals surface area contributed by atoms with E-state index in [0.717, 1.165) is 0 Å². The number of likely N-dealkylation sites (N-methyl/N-ethyl adjacent to an activating group) is 2. The van der Waals surface area contributed by atoms with E-state index >= 15 is 0 Å².